The highest BCUT2D eigenvalue weighted by Gasteiger charge is 2.15. The minimum absolute atomic E-state index is 0.0975. The summed E-state index contributed by atoms with van der Waals surface area (Å²) in [7, 11) is 0. The summed E-state index contributed by atoms with van der Waals surface area (Å²) in [6.07, 6.45) is 2.78. The molecule has 1 saturated heterocycles. The highest BCUT2D eigenvalue weighted by molar-refractivity contribution is 6.30. The van der Waals surface area contributed by atoms with Crippen molar-refractivity contribution in [3.63, 3.8) is 0 Å². The monoisotopic (exact) mass is 352 g/mol. The normalized spacial score (nSPS) is 17.0. The van der Waals surface area contributed by atoms with Crippen molar-refractivity contribution < 1.29 is 5.11 Å². The molecule has 1 aromatic rings. The summed E-state index contributed by atoms with van der Waals surface area (Å²) in [4.78, 5) is 7.04. The van der Waals surface area contributed by atoms with Gasteiger partial charge in [-0.1, -0.05) is 23.7 Å². The number of rotatable bonds is 7. The van der Waals surface area contributed by atoms with Crippen molar-refractivity contribution in [3.05, 3.63) is 34.9 Å². The molecule has 0 aliphatic carbocycles. The van der Waals surface area contributed by atoms with Crippen LogP contribution < -0.4 is 10.6 Å². The van der Waals surface area contributed by atoms with Crippen LogP contribution in [0.15, 0.2) is 29.3 Å². The Morgan fingerprint density at radius 3 is 2.62 bits per heavy atom. The molecule has 1 aliphatic heterocycles. The van der Waals surface area contributed by atoms with E-state index in [0.717, 1.165) is 68.5 Å². The van der Waals surface area contributed by atoms with Crippen LogP contribution in [-0.4, -0.2) is 54.8 Å². The molecule has 1 heterocycles. The molecule has 0 bridgehead atoms. The van der Waals surface area contributed by atoms with Gasteiger partial charge in [-0.25, -0.2) is 4.99 Å². The Morgan fingerprint density at radius 1 is 1.25 bits per heavy atom. The summed E-state index contributed by atoms with van der Waals surface area (Å²) in [5, 5.41) is 16.9. The summed E-state index contributed by atoms with van der Waals surface area (Å²) in [5.74, 6) is 0.849. The lowest BCUT2D eigenvalue weighted by molar-refractivity contribution is 0.0823. The fourth-order valence-electron chi connectivity index (χ4n) is 2.75. The zero-order valence-electron chi connectivity index (χ0n) is 14.5. The van der Waals surface area contributed by atoms with Crippen LogP contribution in [0.1, 0.15) is 31.7 Å². The van der Waals surface area contributed by atoms with Gasteiger partial charge in [0, 0.05) is 31.2 Å². The van der Waals surface area contributed by atoms with E-state index >= 15 is 0 Å². The van der Waals surface area contributed by atoms with E-state index in [0.29, 0.717) is 6.54 Å². The maximum absolute atomic E-state index is 9.53. The number of piperidine rings is 1. The van der Waals surface area contributed by atoms with Crippen molar-refractivity contribution in [2.24, 2.45) is 4.99 Å². The van der Waals surface area contributed by atoms with Crippen molar-refractivity contribution in [1.29, 1.82) is 0 Å². The van der Waals surface area contributed by atoms with E-state index in [-0.39, 0.29) is 6.10 Å². The average molecular weight is 353 g/mol. The van der Waals surface area contributed by atoms with Gasteiger partial charge in [-0.3, -0.25) is 0 Å². The maximum atomic E-state index is 9.53. The number of nitrogens with one attached hydrogen (secondary N) is 2. The van der Waals surface area contributed by atoms with E-state index < -0.39 is 0 Å². The fraction of sp³-hybridized carbons (Fsp3) is 0.611. The van der Waals surface area contributed by atoms with Crippen molar-refractivity contribution >= 4 is 17.6 Å². The lowest BCUT2D eigenvalue weighted by Crippen LogP contribution is -2.40. The number of hydrogen-bond donors (Lipinski definition) is 3. The number of likely N-dealkylation sites (tertiary alicyclic amines) is 1. The van der Waals surface area contributed by atoms with Gasteiger partial charge in [0.05, 0.1) is 12.6 Å². The number of aliphatic imine (C=N–C) groups is 1. The van der Waals surface area contributed by atoms with Crippen LogP contribution in [-0.2, 0) is 6.54 Å². The van der Waals surface area contributed by atoms with Crippen LogP contribution in [0.4, 0.5) is 0 Å². The second kappa shape index (κ2) is 10.5. The van der Waals surface area contributed by atoms with Crippen molar-refractivity contribution in [3.8, 4) is 0 Å². The molecule has 3 N–H and O–H groups in total. The molecule has 0 unspecified atom stereocenters. The standard InChI is InChI=1S/C18H29ClN4O/c1-2-20-18(22-14-15-4-6-16(19)7-5-15)21-10-3-11-23-12-8-17(24)9-13-23/h4-7,17,24H,2-3,8-14H2,1H3,(H2,20,21,22). The molecule has 24 heavy (non-hydrogen) atoms. The van der Waals surface area contributed by atoms with Crippen LogP contribution in [0.3, 0.4) is 0 Å². The van der Waals surface area contributed by atoms with Gasteiger partial charge in [-0.2, -0.15) is 0 Å². The Kier molecular flexibility index (Phi) is 8.36. The van der Waals surface area contributed by atoms with Gasteiger partial charge in [-0.15, -0.1) is 0 Å². The fourth-order valence-corrected chi connectivity index (χ4v) is 2.88. The first kappa shape index (κ1) is 19.0. The van der Waals surface area contributed by atoms with E-state index in [2.05, 4.69) is 27.4 Å². The number of nitrogens with zero attached hydrogens (tertiary/aromatic N) is 2. The zero-order valence-corrected chi connectivity index (χ0v) is 15.2. The molecule has 0 atom stereocenters. The molecule has 134 valence electrons. The third-order valence-corrected chi connectivity index (χ3v) is 4.43. The van der Waals surface area contributed by atoms with E-state index in [1.54, 1.807) is 0 Å². The second-order valence-electron chi connectivity index (χ2n) is 6.17. The van der Waals surface area contributed by atoms with E-state index in [9.17, 15) is 5.11 Å². The summed E-state index contributed by atoms with van der Waals surface area (Å²) in [6, 6.07) is 7.78. The molecule has 1 aliphatic rings. The van der Waals surface area contributed by atoms with E-state index in [1.807, 2.05) is 24.3 Å². The Bertz CT molecular complexity index is 498. The molecular formula is C18H29ClN4O. The molecule has 1 aromatic carbocycles. The van der Waals surface area contributed by atoms with Crippen molar-refractivity contribution in [1.82, 2.24) is 15.5 Å². The zero-order chi connectivity index (χ0) is 17.2. The number of hydrogen-bond acceptors (Lipinski definition) is 3. The summed E-state index contributed by atoms with van der Waals surface area (Å²) < 4.78 is 0. The molecule has 1 fully saturated rings. The van der Waals surface area contributed by atoms with Gasteiger partial charge >= 0.3 is 0 Å². The molecule has 6 heteroatoms. The summed E-state index contributed by atoms with van der Waals surface area (Å²) in [5.41, 5.74) is 1.14. The van der Waals surface area contributed by atoms with Gasteiger partial charge < -0.3 is 20.6 Å². The number of benzene rings is 1. The van der Waals surface area contributed by atoms with Gasteiger partial charge in [0.1, 0.15) is 0 Å². The SMILES string of the molecule is CCNC(=NCc1ccc(Cl)cc1)NCCCN1CCC(O)CC1. The van der Waals surface area contributed by atoms with Crippen molar-refractivity contribution in [2.45, 2.75) is 38.8 Å². The Balaban J connectivity index is 1.70. The van der Waals surface area contributed by atoms with E-state index in [1.165, 1.54) is 0 Å². The first-order valence-electron chi connectivity index (χ1n) is 8.84. The Morgan fingerprint density at radius 2 is 1.96 bits per heavy atom. The van der Waals surface area contributed by atoms with Gasteiger partial charge in [0.25, 0.3) is 0 Å². The highest BCUT2D eigenvalue weighted by atomic mass is 35.5. The minimum Gasteiger partial charge on any atom is -0.393 e. The van der Waals surface area contributed by atoms with Gasteiger partial charge in [0.2, 0.25) is 0 Å². The summed E-state index contributed by atoms with van der Waals surface area (Å²) in [6.45, 7) is 7.52. The molecule has 0 amide bonds. The van der Waals surface area contributed by atoms with Gasteiger partial charge in [-0.05, 0) is 50.4 Å². The average Bonchev–Trinajstić information content (AvgIpc) is 2.59. The smallest absolute Gasteiger partial charge is 0.191 e. The third-order valence-electron chi connectivity index (χ3n) is 4.18. The molecule has 0 spiro atoms. The first-order valence-corrected chi connectivity index (χ1v) is 9.22. The number of guanidine groups is 1. The predicted molar refractivity (Wildman–Crippen MR) is 101 cm³/mol. The molecule has 0 radical (unpaired) electrons. The van der Waals surface area contributed by atoms with Crippen LogP contribution in [0.25, 0.3) is 0 Å². The van der Waals surface area contributed by atoms with Crippen LogP contribution in [0, 0.1) is 0 Å². The van der Waals surface area contributed by atoms with E-state index in [4.69, 9.17) is 11.6 Å². The van der Waals surface area contributed by atoms with Crippen molar-refractivity contribution in [2.75, 3.05) is 32.7 Å². The largest absolute Gasteiger partial charge is 0.393 e. The molecule has 0 saturated carbocycles. The highest BCUT2D eigenvalue weighted by Crippen LogP contribution is 2.10. The molecule has 0 aromatic heterocycles. The topological polar surface area (TPSA) is 59.9 Å². The van der Waals surface area contributed by atoms with Crippen LogP contribution in [0.5, 0.6) is 0 Å². The predicted octanol–water partition coefficient (Wildman–Crippen LogP) is 2.24. The molecule has 2 rings (SSSR count). The Hall–Kier alpha value is -1.30. The quantitative estimate of drug-likeness (QED) is 0.400. The van der Waals surface area contributed by atoms with Crippen LogP contribution >= 0.6 is 11.6 Å². The van der Waals surface area contributed by atoms with Crippen LogP contribution in [0.2, 0.25) is 5.02 Å². The maximum Gasteiger partial charge on any atom is 0.191 e. The lowest BCUT2D eigenvalue weighted by atomic mass is 10.1. The number of aliphatic hydroxyl groups is 1. The third kappa shape index (κ3) is 7.07. The number of halogens is 1. The molecular weight excluding hydrogens is 324 g/mol. The molecule has 5 nitrogen and oxygen atoms in total. The summed E-state index contributed by atoms with van der Waals surface area (Å²) >= 11 is 5.90. The first-order chi connectivity index (χ1) is 11.7. The number of aliphatic hydroxyl groups excluding tert-OH is 1. The lowest BCUT2D eigenvalue weighted by Gasteiger charge is -2.29. The Labute approximate surface area is 150 Å². The second-order valence-corrected chi connectivity index (χ2v) is 6.61. The minimum atomic E-state index is -0.0975. The van der Waals surface area contributed by atoms with Gasteiger partial charge in [0.15, 0.2) is 5.96 Å².